The number of hydrogen-bond acceptors (Lipinski definition) is 3. The number of aromatic nitrogens is 3. The van der Waals surface area contributed by atoms with Crippen LogP contribution in [-0.2, 0) is 0 Å². The zero-order valence-electron chi connectivity index (χ0n) is 13.9. The monoisotopic (exact) mass is 320 g/mol. The summed E-state index contributed by atoms with van der Waals surface area (Å²) < 4.78 is 1.66. The molecule has 0 N–H and O–H groups in total. The average molecular weight is 320 g/mol. The minimum Gasteiger partial charge on any atom is -0.338 e. The van der Waals surface area contributed by atoms with Crippen molar-refractivity contribution in [3.8, 4) is 0 Å². The lowest BCUT2D eigenvalue weighted by Gasteiger charge is -2.17. The first-order chi connectivity index (χ1) is 11.6. The number of hydrogen-bond donors (Lipinski definition) is 0. The highest BCUT2D eigenvalue weighted by atomic mass is 16.2. The summed E-state index contributed by atoms with van der Waals surface area (Å²) in [6, 6.07) is 10.3. The smallest absolute Gasteiger partial charge is 0.259 e. The second-order valence-corrected chi connectivity index (χ2v) is 6.49. The fourth-order valence-electron chi connectivity index (χ4n) is 3.52. The Bertz CT molecular complexity index is 915. The van der Waals surface area contributed by atoms with Crippen LogP contribution in [0.2, 0.25) is 0 Å². The molecule has 0 bridgehead atoms. The molecule has 0 saturated carbocycles. The third-order valence-electron chi connectivity index (χ3n) is 4.84. The fraction of sp³-hybridized carbons (Fsp3) is 0.316. The van der Waals surface area contributed by atoms with Crippen molar-refractivity contribution in [2.75, 3.05) is 13.1 Å². The lowest BCUT2D eigenvalue weighted by molar-refractivity contribution is 0.0792. The van der Waals surface area contributed by atoms with E-state index < -0.39 is 0 Å². The zero-order chi connectivity index (χ0) is 16.7. The number of likely N-dealkylation sites (tertiary alicyclic amines) is 1. The van der Waals surface area contributed by atoms with E-state index in [1.165, 1.54) is 11.1 Å². The van der Waals surface area contributed by atoms with E-state index in [1.807, 2.05) is 24.1 Å². The first-order valence-electron chi connectivity index (χ1n) is 8.29. The molecule has 1 saturated heterocycles. The van der Waals surface area contributed by atoms with Gasteiger partial charge in [-0.05, 0) is 37.5 Å². The standard InChI is InChI=1S/C19H20N4O/c1-13-5-3-4-6-16(13)15-8-9-22(12-15)19(24)17-11-20-23-10-7-14(2)21-18(17)23/h3-7,10-11,15H,8-9,12H2,1-2H3. The number of amides is 1. The molecule has 1 aliphatic heterocycles. The Balaban J connectivity index is 1.59. The van der Waals surface area contributed by atoms with Crippen molar-refractivity contribution >= 4 is 11.6 Å². The van der Waals surface area contributed by atoms with Crippen molar-refractivity contribution in [2.45, 2.75) is 26.2 Å². The lowest BCUT2D eigenvalue weighted by Crippen LogP contribution is -2.28. The van der Waals surface area contributed by atoms with Crippen molar-refractivity contribution in [2.24, 2.45) is 0 Å². The van der Waals surface area contributed by atoms with Crippen LogP contribution in [0, 0.1) is 13.8 Å². The fourth-order valence-corrected chi connectivity index (χ4v) is 3.52. The van der Waals surface area contributed by atoms with Gasteiger partial charge in [0.25, 0.3) is 5.91 Å². The number of benzene rings is 1. The molecule has 5 nitrogen and oxygen atoms in total. The highest BCUT2D eigenvalue weighted by Gasteiger charge is 2.30. The van der Waals surface area contributed by atoms with Crippen molar-refractivity contribution in [3.05, 3.63) is 65.1 Å². The summed E-state index contributed by atoms with van der Waals surface area (Å²) >= 11 is 0. The number of aryl methyl sites for hydroxylation is 2. The average Bonchev–Trinajstić information content (AvgIpc) is 3.21. The van der Waals surface area contributed by atoms with Gasteiger partial charge in [0.2, 0.25) is 0 Å². The van der Waals surface area contributed by atoms with Crippen molar-refractivity contribution < 1.29 is 4.79 Å². The molecule has 4 rings (SSSR count). The van der Waals surface area contributed by atoms with Gasteiger partial charge in [-0.25, -0.2) is 9.50 Å². The third-order valence-corrected chi connectivity index (χ3v) is 4.84. The molecule has 5 heteroatoms. The SMILES string of the molecule is Cc1ccn2ncc(C(=O)N3CCC(c4ccccc4C)C3)c2n1. The molecule has 1 amide bonds. The maximum Gasteiger partial charge on any atom is 0.259 e. The first-order valence-corrected chi connectivity index (χ1v) is 8.29. The van der Waals surface area contributed by atoms with Crippen molar-refractivity contribution in [1.29, 1.82) is 0 Å². The summed E-state index contributed by atoms with van der Waals surface area (Å²) in [7, 11) is 0. The molecule has 1 unspecified atom stereocenters. The number of rotatable bonds is 2. The second kappa shape index (κ2) is 5.74. The van der Waals surface area contributed by atoms with Gasteiger partial charge in [-0.2, -0.15) is 5.10 Å². The summed E-state index contributed by atoms with van der Waals surface area (Å²) in [4.78, 5) is 19.3. The predicted octanol–water partition coefficient (Wildman–Crippen LogP) is 2.98. The van der Waals surface area contributed by atoms with E-state index in [-0.39, 0.29) is 5.91 Å². The Morgan fingerprint density at radius 3 is 2.88 bits per heavy atom. The van der Waals surface area contributed by atoms with E-state index in [0.29, 0.717) is 17.1 Å². The molecule has 1 aromatic carbocycles. The molecule has 0 spiro atoms. The van der Waals surface area contributed by atoms with E-state index in [4.69, 9.17) is 0 Å². The lowest BCUT2D eigenvalue weighted by atomic mass is 9.94. The van der Waals surface area contributed by atoms with E-state index in [9.17, 15) is 4.79 Å². The molecule has 1 aliphatic rings. The van der Waals surface area contributed by atoms with Crippen LogP contribution in [0.15, 0.2) is 42.7 Å². The van der Waals surface area contributed by atoms with E-state index in [0.717, 1.165) is 25.2 Å². The van der Waals surface area contributed by atoms with Crippen LogP contribution in [0.3, 0.4) is 0 Å². The number of carbonyl (C=O) groups excluding carboxylic acids is 1. The maximum absolute atomic E-state index is 12.9. The van der Waals surface area contributed by atoms with Gasteiger partial charge in [0.05, 0.1) is 6.20 Å². The third kappa shape index (κ3) is 2.46. The Morgan fingerprint density at radius 2 is 2.04 bits per heavy atom. The van der Waals surface area contributed by atoms with Gasteiger partial charge in [0.15, 0.2) is 5.65 Å². The molecule has 0 radical (unpaired) electrons. The largest absolute Gasteiger partial charge is 0.338 e. The van der Waals surface area contributed by atoms with Crippen LogP contribution in [0.1, 0.15) is 39.5 Å². The van der Waals surface area contributed by atoms with Crippen LogP contribution >= 0.6 is 0 Å². The topological polar surface area (TPSA) is 50.5 Å². The summed E-state index contributed by atoms with van der Waals surface area (Å²) in [6.45, 7) is 5.59. The molecular formula is C19H20N4O. The van der Waals surface area contributed by atoms with Gasteiger partial charge >= 0.3 is 0 Å². The van der Waals surface area contributed by atoms with Crippen molar-refractivity contribution in [1.82, 2.24) is 19.5 Å². The van der Waals surface area contributed by atoms with Crippen LogP contribution < -0.4 is 0 Å². The Hall–Kier alpha value is -2.69. The number of carbonyl (C=O) groups is 1. The van der Waals surface area contributed by atoms with Crippen LogP contribution in [0.25, 0.3) is 5.65 Å². The molecule has 24 heavy (non-hydrogen) atoms. The van der Waals surface area contributed by atoms with Gasteiger partial charge in [-0.15, -0.1) is 0 Å². The zero-order valence-corrected chi connectivity index (χ0v) is 13.9. The molecular weight excluding hydrogens is 300 g/mol. The Labute approximate surface area is 140 Å². The molecule has 2 aromatic heterocycles. The summed E-state index contributed by atoms with van der Waals surface area (Å²) in [5.74, 6) is 0.436. The Kier molecular flexibility index (Phi) is 3.56. The molecule has 3 aromatic rings. The second-order valence-electron chi connectivity index (χ2n) is 6.49. The molecule has 3 heterocycles. The van der Waals surface area contributed by atoms with Crippen molar-refractivity contribution in [3.63, 3.8) is 0 Å². The first kappa shape index (κ1) is 14.9. The number of nitrogens with zero attached hydrogens (tertiary/aromatic N) is 4. The van der Waals surface area contributed by atoms with Crippen LogP contribution in [0.5, 0.6) is 0 Å². The van der Waals surface area contributed by atoms with Crippen LogP contribution in [-0.4, -0.2) is 38.5 Å². The van der Waals surface area contributed by atoms with Crippen LogP contribution in [0.4, 0.5) is 0 Å². The van der Waals surface area contributed by atoms with E-state index in [2.05, 4.69) is 41.3 Å². The highest BCUT2D eigenvalue weighted by molar-refractivity contribution is 5.99. The Morgan fingerprint density at radius 1 is 1.21 bits per heavy atom. The van der Waals surface area contributed by atoms with Gasteiger partial charge < -0.3 is 4.90 Å². The van der Waals surface area contributed by atoms with E-state index >= 15 is 0 Å². The van der Waals surface area contributed by atoms with Gasteiger partial charge in [-0.1, -0.05) is 24.3 Å². The minimum absolute atomic E-state index is 0.0270. The summed E-state index contributed by atoms with van der Waals surface area (Å²) in [6.07, 6.45) is 4.47. The summed E-state index contributed by atoms with van der Waals surface area (Å²) in [5, 5.41) is 4.25. The molecule has 1 atom stereocenters. The minimum atomic E-state index is 0.0270. The molecule has 122 valence electrons. The van der Waals surface area contributed by atoms with Gasteiger partial charge in [-0.3, -0.25) is 4.79 Å². The highest BCUT2D eigenvalue weighted by Crippen LogP contribution is 2.30. The molecule has 0 aliphatic carbocycles. The van der Waals surface area contributed by atoms with Gasteiger partial charge in [0, 0.05) is 30.9 Å². The van der Waals surface area contributed by atoms with E-state index in [1.54, 1.807) is 10.7 Å². The predicted molar refractivity (Wildman–Crippen MR) is 92.2 cm³/mol. The summed E-state index contributed by atoms with van der Waals surface area (Å²) in [5.41, 5.74) is 4.76. The normalized spacial score (nSPS) is 17.6. The number of fused-ring (bicyclic) bond motifs is 1. The molecule has 1 fully saturated rings. The van der Waals surface area contributed by atoms with Gasteiger partial charge in [0.1, 0.15) is 5.56 Å². The maximum atomic E-state index is 12.9. The quantitative estimate of drug-likeness (QED) is 0.729.